The molecule has 136 valence electrons. The highest BCUT2D eigenvalue weighted by atomic mass is 32.1. The molecule has 0 radical (unpaired) electrons. The third-order valence-corrected chi connectivity index (χ3v) is 6.11. The van der Waals surface area contributed by atoms with Crippen LogP contribution in [0.25, 0.3) is 10.8 Å². The van der Waals surface area contributed by atoms with Crippen LogP contribution in [-0.2, 0) is 12.8 Å². The van der Waals surface area contributed by atoms with E-state index in [0.29, 0.717) is 21.3 Å². The lowest BCUT2D eigenvalue weighted by Crippen LogP contribution is -2.15. The van der Waals surface area contributed by atoms with Gasteiger partial charge in [-0.05, 0) is 48.8 Å². The zero-order valence-corrected chi connectivity index (χ0v) is 15.5. The second kappa shape index (κ2) is 7.37. The maximum atomic E-state index is 12.7. The van der Waals surface area contributed by atoms with Crippen molar-refractivity contribution < 1.29 is 9.21 Å². The maximum Gasteiger partial charge on any atom is 0.344 e. The van der Waals surface area contributed by atoms with E-state index in [1.807, 2.05) is 0 Å². The first kappa shape index (κ1) is 17.5. The fourth-order valence-corrected chi connectivity index (χ4v) is 4.77. The number of fused-ring (bicyclic) bond motifs is 2. The van der Waals surface area contributed by atoms with E-state index in [-0.39, 0.29) is 5.76 Å². The summed E-state index contributed by atoms with van der Waals surface area (Å²) in [6.45, 7) is 0. The summed E-state index contributed by atoms with van der Waals surface area (Å²) in [6, 6.07) is 10.8. The van der Waals surface area contributed by atoms with Gasteiger partial charge in [0.1, 0.15) is 11.1 Å². The van der Waals surface area contributed by atoms with Crippen LogP contribution in [0.1, 0.15) is 52.2 Å². The first-order valence-corrected chi connectivity index (χ1v) is 9.88. The number of nitrogens with zero attached hydrogens (tertiary/aromatic N) is 1. The standard InChI is InChI=1S/C21H18N2O3S/c22-12-16-15-9-3-1-2-4-10-18(15)27-20(16)23-19(24)17-11-13-7-5-6-8-14(13)21(25)26-17/h5-8,11H,1-4,9-10H2,(H,23,24). The molecule has 6 heteroatoms. The molecule has 0 bridgehead atoms. The average molecular weight is 378 g/mol. The van der Waals surface area contributed by atoms with Gasteiger partial charge in [0.2, 0.25) is 0 Å². The predicted octanol–water partition coefficient (Wildman–Crippen LogP) is 4.64. The van der Waals surface area contributed by atoms with E-state index in [0.717, 1.165) is 31.2 Å². The number of nitriles is 1. The van der Waals surface area contributed by atoms with Crippen molar-refractivity contribution in [3.8, 4) is 6.07 Å². The highest BCUT2D eigenvalue weighted by molar-refractivity contribution is 7.16. The van der Waals surface area contributed by atoms with Crippen LogP contribution in [0.5, 0.6) is 0 Å². The number of rotatable bonds is 2. The number of carbonyl (C=O) groups is 1. The molecule has 2 aromatic heterocycles. The van der Waals surface area contributed by atoms with Gasteiger partial charge in [0.25, 0.3) is 5.91 Å². The highest BCUT2D eigenvalue weighted by Crippen LogP contribution is 2.36. The van der Waals surface area contributed by atoms with Crippen molar-refractivity contribution in [3.63, 3.8) is 0 Å². The van der Waals surface area contributed by atoms with Crippen molar-refractivity contribution in [2.45, 2.75) is 38.5 Å². The molecule has 0 unspecified atom stereocenters. The summed E-state index contributed by atoms with van der Waals surface area (Å²) in [7, 11) is 0. The smallest absolute Gasteiger partial charge is 0.344 e. The van der Waals surface area contributed by atoms with E-state index in [1.54, 1.807) is 30.3 Å². The van der Waals surface area contributed by atoms with Crippen LogP contribution in [0, 0.1) is 11.3 Å². The summed E-state index contributed by atoms with van der Waals surface area (Å²) in [5.41, 5.74) is 1.07. The first-order chi connectivity index (χ1) is 13.2. The van der Waals surface area contributed by atoms with Gasteiger partial charge in [-0.1, -0.05) is 31.0 Å². The number of aryl methyl sites for hydroxylation is 1. The Kier molecular flexibility index (Phi) is 4.78. The minimum Gasteiger partial charge on any atom is -0.417 e. The Morgan fingerprint density at radius 3 is 2.74 bits per heavy atom. The van der Waals surface area contributed by atoms with Crippen molar-refractivity contribution in [2.75, 3.05) is 5.32 Å². The number of benzene rings is 1. The lowest BCUT2D eigenvalue weighted by molar-refractivity contribution is 0.0993. The van der Waals surface area contributed by atoms with Crippen LogP contribution < -0.4 is 10.9 Å². The molecule has 0 saturated carbocycles. The number of amides is 1. The Morgan fingerprint density at radius 2 is 1.93 bits per heavy atom. The molecular weight excluding hydrogens is 360 g/mol. The number of thiophene rings is 1. The molecule has 1 aromatic carbocycles. The van der Waals surface area contributed by atoms with Crippen molar-refractivity contribution in [3.05, 3.63) is 62.5 Å². The topological polar surface area (TPSA) is 83.1 Å². The fraction of sp³-hybridized carbons (Fsp3) is 0.286. The molecular formula is C21H18N2O3S. The molecule has 1 aliphatic carbocycles. The predicted molar refractivity (Wildman–Crippen MR) is 105 cm³/mol. The zero-order valence-electron chi connectivity index (χ0n) is 14.7. The van der Waals surface area contributed by atoms with Gasteiger partial charge in [-0.3, -0.25) is 4.79 Å². The van der Waals surface area contributed by atoms with E-state index >= 15 is 0 Å². The van der Waals surface area contributed by atoms with E-state index in [4.69, 9.17) is 4.42 Å². The third kappa shape index (κ3) is 3.38. The van der Waals surface area contributed by atoms with Gasteiger partial charge in [0, 0.05) is 4.88 Å². The number of anilines is 1. The lowest BCUT2D eigenvalue weighted by atomic mass is 9.97. The molecule has 0 fully saturated rings. The van der Waals surface area contributed by atoms with Crippen LogP contribution in [0.2, 0.25) is 0 Å². The van der Waals surface area contributed by atoms with E-state index in [2.05, 4.69) is 11.4 Å². The number of hydrogen-bond acceptors (Lipinski definition) is 5. The molecule has 0 spiro atoms. The van der Waals surface area contributed by atoms with E-state index in [9.17, 15) is 14.9 Å². The molecule has 2 heterocycles. The van der Waals surface area contributed by atoms with E-state index < -0.39 is 11.5 Å². The molecule has 0 atom stereocenters. The van der Waals surface area contributed by atoms with Gasteiger partial charge in [-0.2, -0.15) is 5.26 Å². The number of carbonyl (C=O) groups excluding carboxylic acids is 1. The molecule has 0 saturated heterocycles. The van der Waals surface area contributed by atoms with Crippen molar-refractivity contribution in [1.82, 2.24) is 0 Å². The Hall–Kier alpha value is -2.91. The fourth-order valence-electron chi connectivity index (χ4n) is 3.54. The Morgan fingerprint density at radius 1 is 1.15 bits per heavy atom. The lowest BCUT2D eigenvalue weighted by Gasteiger charge is -2.08. The van der Waals surface area contributed by atoms with Crippen LogP contribution in [0.15, 0.2) is 39.5 Å². The molecule has 1 aliphatic rings. The molecule has 0 aliphatic heterocycles. The second-order valence-electron chi connectivity index (χ2n) is 6.67. The molecule has 1 N–H and O–H groups in total. The summed E-state index contributed by atoms with van der Waals surface area (Å²) in [4.78, 5) is 26.0. The van der Waals surface area contributed by atoms with Gasteiger partial charge in [0.05, 0.1) is 10.9 Å². The highest BCUT2D eigenvalue weighted by Gasteiger charge is 2.22. The minimum absolute atomic E-state index is 0.0524. The van der Waals surface area contributed by atoms with Gasteiger partial charge < -0.3 is 9.73 Å². The molecule has 1 amide bonds. The minimum atomic E-state index is -0.544. The Balaban J connectivity index is 1.68. The van der Waals surface area contributed by atoms with Crippen LogP contribution in [-0.4, -0.2) is 5.91 Å². The average Bonchev–Trinajstić information content (AvgIpc) is 2.97. The molecule has 5 nitrogen and oxygen atoms in total. The van der Waals surface area contributed by atoms with Crippen molar-refractivity contribution in [2.24, 2.45) is 0 Å². The summed E-state index contributed by atoms with van der Waals surface area (Å²) in [5, 5.41) is 14.1. The first-order valence-electron chi connectivity index (χ1n) is 9.06. The maximum absolute atomic E-state index is 12.7. The van der Waals surface area contributed by atoms with Crippen molar-refractivity contribution >= 4 is 33.0 Å². The number of hydrogen-bond donors (Lipinski definition) is 1. The molecule has 3 aromatic rings. The normalized spacial score (nSPS) is 14.0. The summed E-state index contributed by atoms with van der Waals surface area (Å²) >= 11 is 1.47. The molecule has 27 heavy (non-hydrogen) atoms. The largest absolute Gasteiger partial charge is 0.417 e. The summed E-state index contributed by atoms with van der Waals surface area (Å²) in [6.07, 6.45) is 6.34. The molecule has 4 rings (SSSR count). The quantitative estimate of drug-likeness (QED) is 0.704. The van der Waals surface area contributed by atoms with Crippen LogP contribution in [0.3, 0.4) is 0 Å². The Bertz CT molecular complexity index is 1120. The van der Waals surface area contributed by atoms with Gasteiger partial charge in [-0.25, -0.2) is 4.79 Å². The summed E-state index contributed by atoms with van der Waals surface area (Å²) < 4.78 is 5.19. The van der Waals surface area contributed by atoms with Gasteiger partial charge in [0.15, 0.2) is 5.76 Å². The van der Waals surface area contributed by atoms with E-state index in [1.165, 1.54) is 29.1 Å². The SMILES string of the molecule is N#Cc1c(NC(=O)c2cc3ccccc3c(=O)o2)sc2c1CCCCCC2. The van der Waals surface area contributed by atoms with Crippen molar-refractivity contribution in [1.29, 1.82) is 5.26 Å². The monoisotopic (exact) mass is 378 g/mol. The van der Waals surface area contributed by atoms with Crippen LogP contribution >= 0.6 is 11.3 Å². The Labute approximate surface area is 160 Å². The van der Waals surface area contributed by atoms with Gasteiger partial charge in [-0.15, -0.1) is 11.3 Å². The second-order valence-corrected chi connectivity index (χ2v) is 7.78. The number of nitrogens with one attached hydrogen (secondary N) is 1. The van der Waals surface area contributed by atoms with Gasteiger partial charge >= 0.3 is 5.63 Å². The zero-order chi connectivity index (χ0) is 18.8. The van der Waals surface area contributed by atoms with Crippen LogP contribution in [0.4, 0.5) is 5.00 Å². The third-order valence-electron chi connectivity index (χ3n) is 4.90. The summed E-state index contributed by atoms with van der Waals surface area (Å²) in [5.74, 6) is -0.563.